The minimum Gasteiger partial charge on any atom is -0.302 e. The van der Waals surface area contributed by atoms with Crippen LogP contribution in [0.15, 0.2) is 0 Å². The maximum Gasteiger partial charge on any atom is 0.0152 e. The van der Waals surface area contributed by atoms with Crippen molar-refractivity contribution >= 4 is 0 Å². The summed E-state index contributed by atoms with van der Waals surface area (Å²) in [6.45, 7) is 15.2. The Balaban J connectivity index is 4.37. The molecular weight excluding hydrogens is 182 g/mol. The second-order valence-electron chi connectivity index (χ2n) is 5.82. The lowest BCUT2D eigenvalue weighted by Crippen LogP contribution is -2.43. The average Bonchev–Trinajstić information content (AvgIpc) is 2.15. The van der Waals surface area contributed by atoms with E-state index in [2.05, 4.69) is 53.5 Å². The molecule has 0 aromatic heterocycles. The molecule has 0 aliphatic carbocycles. The summed E-state index contributed by atoms with van der Waals surface area (Å²) in [5, 5.41) is 0. The number of rotatable bonds is 7. The summed E-state index contributed by atoms with van der Waals surface area (Å²) in [6, 6.07) is 0. The van der Waals surface area contributed by atoms with Gasteiger partial charge in [-0.3, -0.25) is 0 Å². The Hall–Kier alpha value is -0.0400. The molecule has 0 saturated carbocycles. The highest BCUT2D eigenvalue weighted by Gasteiger charge is 2.27. The summed E-state index contributed by atoms with van der Waals surface area (Å²) in [5.74, 6) is 1.69. The number of hydrogen-bond acceptors (Lipinski definition) is 1. The van der Waals surface area contributed by atoms with Gasteiger partial charge in [-0.25, -0.2) is 0 Å². The van der Waals surface area contributed by atoms with Crippen LogP contribution in [0, 0.1) is 11.8 Å². The summed E-state index contributed by atoms with van der Waals surface area (Å²) in [6.07, 6.45) is 4.01. The molecule has 1 heteroatoms. The van der Waals surface area contributed by atoms with Gasteiger partial charge in [-0.2, -0.15) is 0 Å². The first-order chi connectivity index (χ1) is 6.85. The van der Waals surface area contributed by atoms with Crippen LogP contribution in [0.5, 0.6) is 0 Å². The van der Waals surface area contributed by atoms with E-state index in [1.54, 1.807) is 0 Å². The van der Waals surface area contributed by atoms with E-state index < -0.39 is 0 Å². The first-order valence-corrected chi connectivity index (χ1v) is 6.56. The number of nitrogens with zero attached hydrogens (tertiary/aromatic N) is 1. The van der Waals surface area contributed by atoms with Gasteiger partial charge >= 0.3 is 0 Å². The van der Waals surface area contributed by atoms with Crippen molar-refractivity contribution in [3.63, 3.8) is 0 Å². The highest BCUT2D eigenvalue weighted by atomic mass is 15.2. The van der Waals surface area contributed by atoms with E-state index in [4.69, 9.17) is 0 Å². The van der Waals surface area contributed by atoms with Gasteiger partial charge in [0, 0.05) is 5.54 Å². The van der Waals surface area contributed by atoms with Crippen molar-refractivity contribution < 1.29 is 0 Å². The second-order valence-corrected chi connectivity index (χ2v) is 5.82. The lowest BCUT2D eigenvalue weighted by molar-refractivity contribution is 0.114. The smallest absolute Gasteiger partial charge is 0.0152 e. The Kier molecular flexibility index (Phi) is 6.51. The molecule has 0 N–H and O–H groups in total. The van der Waals surface area contributed by atoms with Crippen LogP contribution < -0.4 is 0 Å². The van der Waals surface area contributed by atoms with Crippen LogP contribution in [0.25, 0.3) is 0 Å². The normalized spacial score (nSPS) is 15.0. The van der Waals surface area contributed by atoms with Crippen molar-refractivity contribution in [1.82, 2.24) is 4.90 Å². The van der Waals surface area contributed by atoms with Gasteiger partial charge in [-0.1, -0.05) is 40.5 Å². The zero-order valence-electron chi connectivity index (χ0n) is 11.9. The summed E-state index contributed by atoms with van der Waals surface area (Å²) >= 11 is 0. The molecule has 0 aromatic carbocycles. The van der Waals surface area contributed by atoms with Crippen LogP contribution in [0.4, 0.5) is 0 Å². The van der Waals surface area contributed by atoms with Crippen molar-refractivity contribution in [3.05, 3.63) is 0 Å². The van der Waals surface area contributed by atoms with Crippen molar-refractivity contribution in [2.75, 3.05) is 13.6 Å². The predicted molar refractivity (Wildman–Crippen MR) is 70.2 cm³/mol. The zero-order valence-corrected chi connectivity index (χ0v) is 11.9. The summed E-state index contributed by atoms with van der Waals surface area (Å²) in [5.41, 5.74) is 0.346. The third-order valence-electron chi connectivity index (χ3n) is 3.87. The van der Waals surface area contributed by atoms with Gasteiger partial charge in [0.1, 0.15) is 0 Å². The molecule has 1 nitrogen and oxygen atoms in total. The van der Waals surface area contributed by atoms with Crippen LogP contribution in [-0.4, -0.2) is 24.0 Å². The Morgan fingerprint density at radius 2 is 1.67 bits per heavy atom. The van der Waals surface area contributed by atoms with E-state index in [-0.39, 0.29) is 0 Å². The highest BCUT2D eigenvalue weighted by molar-refractivity contribution is 4.82. The number of hydrogen-bond donors (Lipinski definition) is 0. The van der Waals surface area contributed by atoms with Crippen molar-refractivity contribution in [1.29, 1.82) is 0 Å². The SMILES string of the molecule is CCCC(CC(C)(C)N(C)CC)C(C)C. The van der Waals surface area contributed by atoms with E-state index in [0.717, 1.165) is 18.4 Å². The molecular formula is C14H31N. The standard InChI is InChI=1S/C14H31N/c1-8-10-13(12(3)4)11-14(5,6)15(7)9-2/h12-13H,8-11H2,1-7H3. The van der Waals surface area contributed by atoms with Gasteiger partial charge in [0.2, 0.25) is 0 Å². The Morgan fingerprint density at radius 1 is 1.13 bits per heavy atom. The average molecular weight is 213 g/mol. The molecule has 0 amide bonds. The molecule has 0 aliphatic heterocycles. The maximum atomic E-state index is 2.47. The Bertz CT molecular complexity index is 161. The van der Waals surface area contributed by atoms with Crippen LogP contribution in [0.1, 0.15) is 60.8 Å². The molecule has 0 saturated heterocycles. The topological polar surface area (TPSA) is 3.24 Å². The summed E-state index contributed by atoms with van der Waals surface area (Å²) in [7, 11) is 2.24. The fraction of sp³-hybridized carbons (Fsp3) is 1.00. The molecule has 15 heavy (non-hydrogen) atoms. The molecule has 0 radical (unpaired) electrons. The monoisotopic (exact) mass is 213 g/mol. The second kappa shape index (κ2) is 6.52. The van der Waals surface area contributed by atoms with Gasteiger partial charge < -0.3 is 4.90 Å². The molecule has 0 rings (SSSR count). The third-order valence-corrected chi connectivity index (χ3v) is 3.87. The van der Waals surface area contributed by atoms with E-state index in [1.807, 2.05) is 0 Å². The summed E-state index contributed by atoms with van der Waals surface area (Å²) in [4.78, 5) is 2.47. The van der Waals surface area contributed by atoms with Gasteiger partial charge in [0.25, 0.3) is 0 Å². The van der Waals surface area contributed by atoms with Crippen LogP contribution >= 0.6 is 0 Å². The first-order valence-electron chi connectivity index (χ1n) is 6.56. The molecule has 92 valence electrons. The van der Waals surface area contributed by atoms with E-state index in [1.165, 1.54) is 19.3 Å². The minimum atomic E-state index is 0.346. The molecule has 1 unspecified atom stereocenters. The fourth-order valence-electron chi connectivity index (χ4n) is 2.27. The third kappa shape index (κ3) is 5.01. The van der Waals surface area contributed by atoms with Crippen molar-refractivity contribution in [2.45, 2.75) is 66.3 Å². The van der Waals surface area contributed by atoms with Crippen molar-refractivity contribution in [3.8, 4) is 0 Å². The quantitative estimate of drug-likeness (QED) is 0.613. The molecule has 0 fully saturated rings. The molecule has 0 aliphatic rings. The largest absolute Gasteiger partial charge is 0.302 e. The van der Waals surface area contributed by atoms with Crippen LogP contribution in [0.2, 0.25) is 0 Å². The van der Waals surface area contributed by atoms with Gasteiger partial charge in [-0.15, -0.1) is 0 Å². The van der Waals surface area contributed by atoms with E-state index in [9.17, 15) is 0 Å². The lowest BCUT2D eigenvalue weighted by atomic mass is 9.80. The zero-order chi connectivity index (χ0) is 12.1. The van der Waals surface area contributed by atoms with Crippen LogP contribution in [-0.2, 0) is 0 Å². The maximum absolute atomic E-state index is 2.47. The molecule has 1 atom stereocenters. The van der Waals surface area contributed by atoms with Crippen LogP contribution in [0.3, 0.4) is 0 Å². The summed E-state index contributed by atoms with van der Waals surface area (Å²) < 4.78 is 0. The Morgan fingerprint density at radius 3 is 2.00 bits per heavy atom. The first kappa shape index (κ1) is 15.0. The predicted octanol–water partition coefficient (Wildman–Crippen LogP) is 4.18. The molecule has 0 heterocycles. The molecule has 0 spiro atoms. The molecule has 0 bridgehead atoms. The van der Waals surface area contributed by atoms with Gasteiger partial charge in [-0.05, 0) is 45.7 Å². The fourth-order valence-corrected chi connectivity index (χ4v) is 2.27. The lowest BCUT2D eigenvalue weighted by Gasteiger charge is -2.39. The highest BCUT2D eigenvalue weighted by Crippen LogP contribution is 2.29. The van der Waals surface area contributed by atoms with Crippen molar-refractivity contribution in [2.24, 2.45) is 11.8 Å². The van der Waals surface area contributed by atoms with E-state index >= 15 is 0 Å². The molecule has 0 aromatic rings. The Labute approximate surface area is 97.2 Å². The van der Waals surface area contributed by atoms with Gasteiger partial charge in [0.15, 0.2) is 0 Å². The van der Waals surface area contributed by atoms with E-state index in [0.29, 0.717) is 5.54 Å². The minimum absolute atomic E-state index is 0.346. The van der Waals surface area contributed by atoms with Gasteiger partial charge in [0.05, 0.1) is 0 Å².